The first-order valence-corrected chi connectivity index (χ1v) is 4.53. The molecule has 2 heteroatoms. The minimum absolute atomic E-state index is 0.0397. The number of hydrogen-bond acceptors (Lipinski definition) is 1. The van der Waals surface area contributed by atoms with E-state index in [0.717, 1.165) is 0 Å². The van der Waals surface area contributed by atoms with E-state index in [4.69, 9.17) is 11.6 Å². The third-order valence-corrected chi connectivity index (χ3v) is 2.09. The van der Waals surface area contributed by atoms with Gasteiger partial charge in [0.25, 0.3) is 0 Å². The molecule has 0 radical (unpaired) electrons. The molecule has 0 heterocycles. The van der Waals surface area contributed by atoms with Gasteiger partial charge >= 0.3 is 0 Å². The van der Waals surface area contributed by atoms with Crippen molar-refractivity contribution in [3.63, 3.8) is 0 Å². The van der Waals surface area contributed by atoms with Gasteiger partial charge in [0.1, 0.15) is 5.38 Å². The monoisotopic (exact) mass is 194 g/mol. The molecule has 1 atom stereocenters. The number of Topliss-reactive ketones (excluding diaryl/α,β-unsaturated/α-hetero) is 1. The van der Waals surface area contributed by atoms with Gasteiger partial charge in [-0.05, 0) is 6.42 Å². The normalized spacial score (nSPS) is 12.1. The van der Waals surface area contributed by atoms with Crippen molar-refractivity contribution in [2.24, 2.45) is 0 Å². The zero-order chi connectivity index (χ0) is 9.68. The molecule has 0 unspecified atom stereocenters. The van der Waals surface area contributed by atoms with E-state index in [1.165, 1.54) is 0 Å². The van der Waals surface area contributed by atoms with E-state index in [1.54, 1.807) is 18.2 Å². The molecule has 0 bridgehead atoms. The molecule has 0 saturated carbocycles. The lowest BCUT2D eigenvalue weighted by Crippen LogP contribution is -2.13. The van der Waals surface area contributed by atoms with Gasteiger partial charge < -0.3 is 0 Å². The number of alkyl halides is 1. The molecule has 0 fully saturated rings. The molecule has 0 saturated heterocycles. The molecule has 1 aromatic carbocycles. The molecule has 1 aromatic rings. The lowest BCUT2D eigenvalue weighted by molar-refractivity contribution is 0.0987. The zero-order valence-corrected chi connectivity index (χ0v) is 8.00. The van der Waals surface area contributed by atoms with Crippen molar-refractivity contribution in [3.8, 4) is 0 Å². The van der Waals surface area contributed by atoms with Crippen molar-refractivity contribution in [3.05, 3.63) is 48.6 Å². The predicted octanol–water partition coefficient (Wildman–Crippen LogP) is 3.05. The molecule has 1 nitrogen and oxygen atoms in total. The zero-order valence-electron chi connectivity index (χ0n) is 7.24. The van der Waals surface area contributed by atoms with Crippen molar-refractivity contribution in [2.45, 2.75) is 11.8 Å². The van der Waals surface area contributed by atoms with E-state index in [0.29, 0.717) is 12.0 Å². The highest BCUT2D eigenvalue weighted by atomic mass is 35.5. The number of halogens is 1. The number of allylic oxidation sites excluding steroid dienone is 1. The summed E-state index contributed by atoms with van der Waals surface area (Å²) in [6.07, 6.45) is 2.16. The lowest BCUT2D eigenvalue weighted by atomic mass is 10.1. The molecular formula is C11H11ClO. The van der Waals surface area contributed by atoms with Crippen LogP contribution in [0.4, 0.5) is 0 Å². The summed E-state index contributed by atoms with van der Waals surface area (Å²) < 4.78 is 0. The summed E-state index contributed by atoms with van der Waals surface area (Å²) in [6.45, 7) is 3.54. The van der Waals surface area contributed by atoms with Crippen LogP contribution >= 0.6 is 11.6 Å². The van der Waals surface area contributed by atoms with Gasteiger partial charge in [-0.2, -0.15) is 0 Å². The fourth-order valence-corrected chi connectivity index (χ4v) is 1.29. The van der Waals surface area contributed by atoms with Gasteiger partial charge in [-0.15, -0.1) is 18.2 Å². The van der Waals surface area contributed by atoms with Crippen LogP contribution in [0.15, 0.2) is 43.0 Å². The summed E-state index contributed by atoms with van der Waals surface area (Å²) in [6, 6.07) is 9.05. The van der Waals surface area contributed by atoms with Crippen molar-refractivity contribution >= 4 is 17.4 Å². The Kier molecular flexibility index (Phi) is 3.71. The number of carbonyl (C=O) groups excluding carboxylic acids is 1. The molecule has 0 aromatic heterocycles. The van der Waals surface area contributed by atoms with Crippen LogP contribution in [0.5, 0.6) is 0 Å². The fraction of sp³-hybridized carbons (Fsp3) is 0.182. The average molecular weight is 195 g/mol. The van der Waals surface area contributed by atoms with E-state index in [2.05, 4.69) is 6.58 Å². The van der Waals surface area contributed by atoms with Crippen molar-refractivity contribution in [2.75, 3.05) is 0 Å². The summed E-state index contributed by atoms with van der Waals surface area (Å²) in [7, 11) is 0. The van der Waals surface area contributed by atoms with Crippen LogP contribution < -0.4 is 0 Å². The minimum atomic E-state index is -0.486. The van der Waals surface area contributed by atoms with Gasteiger partial charge in [-0.3, -0.25) is 4.79 Å². The second-order valence-corrected chi connectivity index (χ2v) is 3.25. The molecule has 0 aliphatic heterocycles. The maximum Gasteiger partial charge on any atom is 0.180 e. The summed E-state index contributed by atoms with van der Waals surface area (Å²) in [5.41, 5.74) is 0.657. The number of hydrogen-bond donors (Lipinski definition) is 0. The molecule has 0 amide bonds. The largest absolute Gasteiger partial charge is 0.292 e. The van der Waals surface area contributed by atoms with Crippen molar-refractivity contribution in [1.82, 2.24) is 0 Å². The Morgan fingerprint density at radius 2 is 2.08 bits per heavy atom. The third kappa shape index (κ3) is 2.71. The average Bonchev–Trinajstić information content (AvgIpc) is 2.18. The molecule has 68 valence electrons. The quantitative estimate of drug-likeness (QED) is 0.409. The van der Waals surface area contributed by atoms with E-state index in [1.807, 2.05) is 18.2 Å². The fourth-order valence-electron chi connectivity index (χ4n) is 1.04. The molecule has 0 N–H and O–H groups in total. The molecule has 0 aliphatic carbocycles. The number of ketones is 1. The Morgan fingerprint density at radius 1 is 1.46 bits per heavy atom. The molecule has 1 rings (SSSR count). The van der Waals surface area contributed by atoms with Crippen LogP contribution in [0, 0.1) is 0 Å². The Balaban J connectivity index is 2.73. The SMILES string of the molecule is C=CC[C@@H](Cl)C(=O)c1ccccc1. The highest BCUT2D eigenvalue weighted by Crippen LogP contribution is 2.11. The lowest BCUT2D eigenvalue weighted by Gasteiger charge is -2.04. The van der Waals surface area contributed by atoms with Crippen LogP contribution in [-0.4, -0.2) is 11.2 Å². The Hall–Kier alpha value is -1.08. The maximum absolute atomic E-state index is 11.6. The summed E-state index contributed by atoms with van der Waals surface area (Å²) in [4.78, 5) is 11.6. The van der Waals surface area contributed by atoms with Crippen LogP contribution in [0.25, 0.3) is 0 Å². The van der Waals surface area contributed by atoms with E-state index < -0.39 is 5.38 Å². The summed E-state index contributed by atoms with van der Waals surface area (Å²) in [5.74, 6) is -0.0397. The second kappa shape index (κ2) is 4.83. The van der Waals surface area contributed by atoms with Crippen molar-refractivity contribution < 1.29 is 4.79 Å². The third-order valence-electron chi connectivity index (χ3n) is 1.72. The minimum Gasteiger partial charge on any atom is -0.292 e. The first-order valence-electron chi connectivity index (χ1n) is 4.10. The first kappa shape index (κ1) is 10.0. The van der Waals surface area contributed by atoms with Gasteiger partial charge in [0.05, 0.1) is 0 Å². The number of rotatable bonds is 4. The van der Waals surface area contributed by atoms with Gasteiger partial charge in [0, 0.05) is 5.56 Å². The summed E-state index contributed by atoms with van der Waals surface area (Å²) >= 11 is 5.85. The van der Waals surface area contributed by atoms with Crippen LogP contribution in [-0.2, 0) is 0 Å². The highest BCUT2D eigenvalue weighted by Gasteiger charge is 2.14. The van der Waals surface area contributed by atoms with Gasteiger partial charge in [-0.1, -0.05) is 36.4 Å². The Morgan fingerprint density at radius 3 is 2.62 bits per heavy atom. The predicted molar refractivity (Wildman–Crippen MR) is 55.2 cm³/mol. The first-order chi connectivity index (χ1) is 6.25. The highest BCUT2D eigenvalue weighted by molar-refractivity contribution is 6.34. The molecule has 13 heavy (non-hydrogen) atoms. The summed E-state index contributed by atoms with van der Waals surface area (Å²) in [5, 5.41) is -0.486. The standard InChI is InChI=1S/C11H11ClO/c1-2-6-10(12)11(13)9-7-4-3-5-8-9/h2-5,7-8,10H,1,6H2/t10-/m1/s1. The maximum atomic E-state index is 11.6. The van der Waals surface area contributed by atoms with E-state index >= 15 is 0 Å². The Labute approximate surface area is 83.0 Å². The second-order valence-electron chi connectivity index (χ2n) is 2.72. The van der Waals surface area contributed by atoms with Crippen LogP contribution in [0.1, 0.15) is 16.8 Å². The van der Waals surface area contributed by atoms with Crippen LogP contribution in [0.3, 0.4) is 0 Å². The van der Waals surface area contributed by atoms with Crippen LogP contribution in [0.2, 0.25) is 0 Å². The van der Waals surface area contributed by atoms with Gasteiger partial charge in [0.15, 0.2) is 5.78 Å². The number of benzene rings is 1. The van der Waals surface area contributed by atoms with Crippen molar-refractivity contribution in [1.29, 1.82) is 0 Å². The topological polar surface area (TPSA) is 17.1 Å². The van der Waals surface area contributed by atoms with E-state index in [9.17, 15) is 4.79 Å². The van der Waals surface area contributed by atoms with Gasteiger partial charge in [0.2, 0.25) is 0 Å². The van der Waals surface area contributed by atoms with Gasteiger partial charge in [-0.25, -0.2) is 0 Å². The smallest absolute Gasteiger partial charge is 0.180 e. The molecule has 0 spiro atoms. The van der Waals surface area contributed by atoms with E-state index in [-0.39, 0.29) is 5.78 Å². The molecule has 0 aliphatic rings. The molecular weight excluding hydrogens is 184 g/mol. The number of carbonyl (C=O) groups is 1. The Bertz CT molecular complexity index is 292.